The standard InChI is InChI=1S/C26H14Cl3FN4O/c27-19-8-6-15(7-9-19)10-23-26(35)34(25(33-23)16-4-2-1-3-5-16)31-14-18-11-17-12-21(30)20(28)13-22(17)32-24(18)29/h1-14H/b23-10+,31-14+. The molecule has 4 aromatic rings. The van der Waals surface area contributed by atoms with Gasteiger partial charge in [0.25, 0.3) is 5.91 Å². The predicted molar refractivity (Wildman–Crippen MR) is 139 cm³/mol. The molecule has 1 aliphatic rings. The SMILES string of the molecule is O=C1/C(=C\c2ccc(Cl)cc2)N=C(c2ccccc2)N1/N=C/c1cc2cc(F)c(Cl)cc2nc1Cl. The first-order chi connectivity index (χ1) is 16.9. The van der Waals surface area contributed by atoms with Crippen LogP contribution in [0.1, 0.15) is 16.7 Å². The first-order valence-corrected chi connectivity index (χ1v) is 11.5. The molecule has 0 N–H and O–H groups in total. The topological polar surface area (TPSA) is 57.9 Å². The summed E-state index contributed by atoms with van der Waals surface area (Å²) in [6, 6.07) is 20.5. The molecule has 0 bridgehead atoms. The fourth-order valence-electron chi connectivity index (χ4n) is 3.48. The van der Waals surface area contributed by atoms with Crippen molar-refractivity contribution in [3.63, 3.8) is 0 Å². The van der Waals surface area contributed by atoms with Gasteiger partial charge in [0.05, 0.1) is 16.8 Å². The largest absolute Gasteiger partial charge is 0.298 e. The Morgan fingerprint density at radius 1 is 0.943 bits per heavy atom. The molecule has 5 rings (SSSR count). The monoisotopic (exact) mass is 522 g/mol. The molecule has 3 aromatic carbocycles. The number of aliphatic imine (C=N–C) groups is 1. The Morgan fingerprint density at radius 2 is 1.69 bits per heavy atom. The Balaban J connectivity index is 1.54. The molecule has 5 nitrogen and oxygen atoms in total. The third-order valence-electron chi connectivity index (χ3n) is 5.19. The third-order valence-corrected chi connectivity index (χ3v) is 6.04. The van der Waals surface area contributed by atoms with Gasteiger partial charge in [0.2, 0.25) is 0 Å². The summed E-state index contributed by atoms with van der Waals surface area (Å²) in [6.07, 6.45) is 3.05. The van der Waals surface area contributed by atoms with Crippen molar-refractivity contribution in [3.8, 4) is 0 Å². The van der Waals surface area contributed by atoms with Gasteiger partial charge >= 0.3 is 0 Å². The number of halogens is 4. The van der Waals surface area contributed by atoms with E-state index in [1.165, 1.54) is 23.4 Å². The second-order valence-electron chi connectivity index (χ2n) is 7.57. The smallest absolute Gasteiger partial charge is 0.265 e. The molecule has 0 saturated carbocycles. The lowest BCUT2D eigenvalue weighted by atomic mass is 10.1. The molecule has 0 radical (unpaired) electrons. The Morgan fingerprint density at radius 3 is 2.43 bits per heavy atom. The Hall–Kier alpha value is -3.58. The Labute approximate surface area is 214 Å². The summed E-state index contributed by atoms with van der Waals surface area (Å²) >= 11 is 18.1. The van der Waals surface area contributed by atoms with Crippen LogP contribution in [-0.2, 0) is 4.79 Å². The van der Waals surface area contributed by atoms with Gasteiger partial charge in [0, 0.05) is 21.5 Å². The number of hydrogen-bond acceptors (Lipinski definition) is 4. The average molecular weight is 524 g/mol. The van der Waals surface area contributed by atoms with Crippen LogP contribution in [0.5, 0.6) is 0 Å². The lowest BCUT2D eigenvalue weighted by Gasteiger charge is -2.12. The number of amidine groups is 1. The van der Waals surface area contributed by atoms with Gasteiger partial charge in [-0.25, -0.2) is 14.4 Å². The second kappa shape index (κ2) is 9.58. The summed E-state index contributed by atoms with van der Waals surface area (Å²) in [5.74, 6) is -0.635. The molecule has 0 fully saturated rings. The highest BCUT2D eigenvalue weighted by molar-refractivity contribution is 6.33. The first kappa shape index (κ1) is 23.2. The second-order valence-corrected chi connectivity index (χ2v) is 8.77. The zero-order valence-corrected chi connectivity index (χ0v) is 20.1. The fraction of sp³-hybridized carbons (Fsp3) is 0. The van der Waals surface area contributed by atoms with Crippen molar-refractivity contribution in [2.45, 2.75) is 0 Å². The van der Waals surface area contributed by atoms with E-state index in [1.807, 2.05) is 30.3 Å². The van der Waals surface area contributed by atoms with E-state index < -0.39 is 11.7 Å². The molecule has 1 aliphatic heterocycles. The number of nitrogens with zero attached hydrogens (tertiary/aromatic N) is 4. The van der Waals surface area contributed by atoms with Crippen LogP contribution in [0.4, 0.5) is 4.39 Å². The van der Waals surface area contributed by atoms with Crippen molar-refractivity contribution >= 4 is 69.7 Å². The third kappa shape index (κ3) is 4.82. The van der Waals surface area contributed by atoms with Gasteiger partial charge in [-0.05, 0) is 42.0 Å². The number of hydrazone groups is 1. The molecule has 35 heavy (non-hydrogen) atoms. The summed E-state index contributed by atoms with van der Waals surface area (Å²) in [6.45, 7) is 0. The number of benzene rings is 3. The van der Waals surface area contributed by atoms with Crippen molar-refractivity contribution in [1.82, 2.24) is 9.99 Å². The maximum Gasteiger partial charge on any atom is 0.298 e. The number of carbonyl (C=O) groups is 1. The number of pyridine rings is 1. The quantitative estimate of drug-likeness (QED) is 0.164. The van der Waals surface area contributed by atoms with Crippen LogP contribution in [-0.4, -0.2) is 28.0 Å². The van der Waals surface area contributed by atoms with E-state index in [4.69, 9.17) is 34.8 Å². The van der Waals surface area contributed by atoms with Crippen LogP contribution in [0.2, 0.25) is 15.2 Å². The Bertz CT molecular complexity index is 1550. The minimum absolute atomic E-state index is 0.0473. The molecule has 1 aromatic heterocycles. The summed E-state index contributed by atoms with van der Waals surface area (Å²) in [5.41, 5.74) is 2.52. The van der Waals surface area contributed by atoms with Crippen LogP contribution in [0.3, 0.4) is 0 Å². The van der Waals surface area contributed by atoms with Gasteiger partial charge in [-0.1, -0.05) is 77.3 Å². The van der Waals surface area contributed by atoms with E-state index in [-0.39, 0.29) is 15.9 Å². The predicted octanol–water partition coefficient (Wildman–Crippen LogP) is 7.00. The number of amides is 1. The van der Waals surface area contributed by atoms with Crippen LogP contribution < -0.4 is 0 Å². The zero-order valence-electron chi connectivity index (χ0n) is 17.8. The maximum atomic E-state index is 13.9. The van der Waals surface area contributed by atoms with Crippen LogP contribution >= 0.6 is 34.8 Å². The highest BCUT2D eigenvalue weighted by Crippen LogP contribution is 2.26. The number of carbonyl (C=O) groups excluding carboxylic acids is 1. The molecular formula is C26H14Cl3FN4O. The normalized spacial score (nSPS) is 15.0. The summed E-state index contributed by atoms with van der Waals surface area (Å²) < 4.78 is 13.9. The molecule has 0 aliphatic carbocycles. The highest BCUT2D eigenvalue weighted by Gasteiger charge is 2.31. The summed E-state index contributed by atoms with van der Waals surface area (Å²) in [5, 5.41) is 6.73. The molecule has 0 spiro atoms. The molecular weight excluding hydrogens is 510 g/mol. The van der Waals surface area contributed by atoms with Crippen molar-refractivity contribution in [1.29, 1.82) is 0 Å². The van der Waals surface area contributed by atoms with Gasteiger partial charge < -0.3 is 0 Å². The van der Waals surface area contributed by atoms with Crippen molar-refractivity contribution < 1.29 is 9.18 Å². The lowest BCUT2D eigenvalue weighted by Crippen LogP contribution is -2.27. The van der Waals surface area contributed by atoms with Gasteiger partial charge in [0.1, 0.15) is 16.7 Å². The molecule has 0 saturated heterocycles. The maximum absolute atomic E-state index is 13.9. The van der Waals surface area contributed by atoms with Crippen molar-refractivity contribution in [2.75, 3.05) is 0 Å². The number of fused-ring (bicyclic) bond motifs is 1. The molecule has 172 valence electrons. The number of hydrogen-bond donors (Lipinski definition) is 0. The van der Waals surface area contributed by atoms with Crippen LogP contribution in [0.25, 0.3) is 17.0 Å². The summed E-state index contributed by atoms with van der Waals surface area (Å²) in [7, 11) is 0. The lowest BCUT2D eigenvalue weighted by molar-refractivity contribution is -0.122. The van der Waals surface area contributed by atoms with E-state index >= 15 is 0 Å². The molecule has 9 heteroatoms. The van der Waals surface area contributed by atoms with Crippen molar-refractivity contribution in [2.24, 2.45) is 10.1 Å². The van der Waals surface area contributed by atoms with Gasteiger partial charge in [-0.15, -0.1) is 0 Å². The van der Waals surface area contributed by atoms with E-state index in [0.29, 0.717) is 32.9 Å². The molecule has 1 amide bonds. The number of aromatic nitrogens is 1. The zero-order chi connectivity index (χ0) is 24.5. The van der Waals surface area contributed by atoms with Crippen molar-refractivity contribution in [3.05, 3.63) is 116 Å². The van der Waals surface area contributed by atoms with E-state index in [1.54, 1.807) is 36.4 Å². The number of rotatable bonds is 4. The van der Waals surface area contributed by atoms with E-state index in [2.05, 4.69) is 15.1 Å². The molecule has 0 unspecified atom stereocenters. The average Bonchev–Trinajstić information content (AvgIpc) is 3.16. The van der Waals surface area contributed by atoms with Crippen LogP contribution in [0, 0.1) is 5.82 Å². The highest BCUT2D eigenvalue weighted by atomic mass is 35.5. The minimum atomic E-state index is -0.573. The minimum Gasteiger partial charge on any atom is -0.265 e. The van der Waals surface area contributed by atoms with Gasteiger partial charge in [0.15, 0.2) is 5.84 Å². The fourth-order valence-corrected chi connectivity index (χ4v) is 3.96. The first-order valence-electron chi connectivity index (χ1n) is 10.3. The van der Waals surface area contributed by atoms with E-state index in [9.17, 15) is 9.18 Å². The molecule has 2 heterocycles. The molecule has 0 atom stereocenters. The van der Waals surface area contributed by atoms with E-state index in [0.717, 1.165) is 5.56 Å². The van der Waals surface area contributed by atoms with Crippen LogP contribution in [0.15, 0.2) is 88.6 Å². The Kier molecular flexibility index (Phi) is 6.34. The van der Waals surface area contributed by atoms with Gasteiger partial charge in [-0.2, -0.15) is 10.1 Å². The summed E-state index contributed by atoms with van der Waals surface area (Å²) in [4.78, 5) is 22.1. The van der Waals surface area contributed by atoms with Gasteiger partial charge in [-0.3, -0.25) is 4.79 Å².